The van der Waals surface area contributed by atoms with Gasteiger partial charge in [0.15, 0.2) is 0 Å². The highest BCUT2D eigenvalue weighted by atomic mass is 19.1. The lowest BCUT2D eigenvalue weighted by Gasteiger charge is -2.17. The molecule has 0 spiro atoms. The topological polar surface area (TPSA) is 21.3 Å². The van der Waals surface area contributed by atoms with Crippen LogP contribution in [0.5, 0.6) is 0 Å². The van der Waals surface area contributed by atoms with E-state index < -0.39 is 0 Å². The zero-order valence-corrected chi connectivity index (χ0v) is 12.1. The number of hydrogen-bond donors (Lipinski definition) is 1. The highest BCUT2D eigenvalue weighted by molar-refractivity contribution is 5.17. The third-order valence-electron chi connectivity index (χ3n) is 3.17. The van der Waals surface area contributed by atoms with E-state index in [1.807, 2.05) is 12.1 Å². The lowest BCUT2D eigenvalue weighted by molar-refractivity contribution is 0.120. The average molecular weight is 267 g/mol. The molecule has 1 aromatic rings. The van der Waals surface area contributed by atoms with Gasteiger partial charge in [-0.2, -0.15) is 0 Å². The lowest BCUT2D eigenvalue weighted by atomic mass is 9.96. The van der Waals surface area contributed by atoms with E-state index in [0.717, 1.165) is 51.1 Å². The van der Waals surface area contributed by atoms with Crippen LogP contribution in [0.15, 0.2) is 24.3 Å². The van der Waals surface area contributed by atoms with Crippen LogP contribution < -0.4 is 5.32 Å². The normalized spacial score (nSPS) is 12.6. The Bertz CT molecular complexity index is 343. The monoisotopic (exact) mass is 267 g/mol. The predicted molar refractivity (Wildman–Crippen MR) is 77.9 cm³/mol. The minimum atomic E-state index is -0.0986. The molecule has 3 heteroatoms. The minimum Gasteiger partial charge on any atom is -0.381 e. The summed E-state index contributed by atoms with van der Waals surface area (Å²) in [5.41, 5.74) is 0.806. The van der Waals surface area contributed by atoms with E-state index in [4.69, 9.17) is 4.74 Å². The van der Waals surface area contributed by atoms with Gasteiger partial charge in [-0.3, -0.25) is 0 Å². The second kappa shape index (κ2) is 9.93. The van der Waals surface area contributed by atoms with Gasteiger partial charge in [0.05, 0.1) is 0 Å². The molecule has 1 aromatic carbocycles. The van der Waals surface area contributed by atoms with Crippen molar-refractivity contribution in [3.8, 4) is 0 Å². The number of nitrogens with one attached hydrogen (secondary N) is 1. The third-order valence-corrected chi connectivity index (χ3v) is 3.17. The number of hydrogen-bond acceptors (Lipinski definition) is 2. The van der Waals surface area contributed by atoms with Crippen molar-refractivity contribution in [2.45, 2.75) is 33.1 Å². The molecule has 0 aliphatic rings. The van der Waals surface area contributed by atoms with Crippen molar-refractivity contribution in [1.29, 1.82) is 0 Å². The van der Waals surface area contributed by atoms with E-state index >= 15 is 0 Å². The molecular weight excluding hydrogens is 241 g/mol. The third kappa shape index (κ3) is 6.69. The van der Waals surface area contributed by atoms with Gasteiger partial charge in [-0.15, -0.1) is 0 Å². The van der Waals surface area contributed by atoms with Crippen molar-refractivity contribution < 1.29 is 9.13 Å². The fraction of sp³-hybridized carbons (Fsp3) is 0.625. The summed E-state index contributed by atoms with van der Waals surface area (Å²) >= 11 is 0. The molecule has 108 valence electrons. The number of benzene rings is 1. The zero-order valence-electron chi connectivity index (χ0n) is 12.1. The highest BCUT2D eigenvalue weighted by Gasteiger charge is 2.12. The van der Waals surface area contributed by atoms with Crippen LogP contribution in [0.4, 0.5) is 4.39 Å². The van der Waals surface area contributed by atoms with Crippen LogP contribution in [0, 0.1) is 11.7 Å². The van der Waals surface area contributed by atoms with E-state index in [0.29, 0.717) is 5.92 Å². The van der Waals surface area contributed by atoms with Crippen molar-refractivity contribution >= 4 is 0 Å². The molecular formula is C16H26FNO. The summed E-state index contributed by atoms with van der Waals surface area (Å²) in [7, 11) is 0. The van der Waals surface area contributed by atoms with E-state index in [2.05, 4.69) is 19.2 Å². The molecule has 0 saturated heterocycles. The van der Waals surface area contributed by atoms with Crippen molar-refractivity contribution in [2.75, 3.05) is 26.3 Å². The molecule has 0 aromatic heterocycles. The van der Waals surface area contributed by atoms with Crippen LogP contribution in [0.2, 0.25) is 0 Å². The molecule has 0 heterocycles. The number of halogens is 1. The summed E-state index contributed by atoms with van der Waals surface area (Å²) in [5, 5.41) is 3.35. The van der Waals surface area contributed by atoms with Crippen molar-refractivity contribution in [2.24, 2.45) is 5.92 Å². The lowest BCUT2D eigenvalue weighted by Crippen LogP contribution is -2.25. The zero-order chi connectivity index (χ0) is 13.9. The first-order chi connectivity index (χ1) is 9.27. The first kappa shape index (κ1) is 16.1. The van der Waals surface area contributed by atoms with Gasteiger partial charge in [-0.1, -0.05) is 32.0 Å². The van der Waals surface area contributed by atoms with E-state index in [1.54, 1.807) is 6.07 Å². The van der Waals surface area contributed by atoms with Crippen molar-refractivity contribution in [3.05, 3.63) is 35.6 Å². The Morgan fingerprint density at radius 3 is 2.68 bits per heavy atom. The molecule has 1 unspecified atom stereocenters. The van der Waals surface area contributed by atoms with Gasteiger partial charge < -0.3 is 10.1 Å². The Morgan fingerprint density at radius 1 is 1.21 bits per heavy atom. The minimum absolute atomic E-state index is 0.0986. The Hall–Kier alpha value is -0.930. The van der Waals surface area contributed by atoms with Gasteiger partial charge in [-0.05, 0) is 49.9 Å². The standard InChI is InChI=1S/C16H26FNO/c1-3-10-19-11-9-14(13-18-4-2)12-15-7-5-6-8-16(15)17/h5-8,14,18H,3-4,9-13H2,1-2H3. The Balaban J connectivity index is 2.46. The second-order valence-electron chi connectivity index (χ2n) is 4.87. The Kier molecular flexibility index (Phi) is 8.43. The average Bonchev–Trinajstić information content (AvgIpc) is 2.43. The van der Waals surface area contributed by atoms with Crippen molar-refractivity contribution in [3.63, 3.8) is 0 Å². The molecule has 0 fully saturated rings. The van der Waals surface area contributed by atoms with Crippen LogP contribution >= 0.6 is 0 Å². The molecule has 0 aliphatic heterocycles. The molecule has 1 atom stereocenters. The fourth-order valence-corrected chi connectivity index (χ4v) is 2.10. The summed E-state index contributed by atoms with van der Waals surface area (Å²) in [4.78, 5) is 0. The van der Waals surface area contributed by atoms with Crippen LogP contribution in [-0.4, -0.2) is 26.3 Å². The van der Waals surface area contributed by atoms with Gasteiger partial charge in [0.1, 0.15) is 5.82 Å². The number of rotatable bonds is 10. The molecule has 2 nitrogen and oxygen atoms in total. The first-order valence-electron chi connectivity index (χ1n) is 7.29. The van der Waals surface area contributed by atoms with E-state index in [1.165, 1.54) is 6.07 Å². The maximum absolute atomic E-state index is 13.7. The largest absolute Gasteiger partial charge is 0.381 e. The van der Waals surface area contributed by atoms with Crippen LogP contribution in [0.25, 0.3) is 0 Å². The first-order valence-corrected chi connectivity index (χ1v) is 7.29. The van der Waals surface area contributed by atoms with Gasteiger partial charge in [0, 0.05) is 13.2 Å². The van der Waals surface area contributed by atoms with Crippen molar-refractivity contribution in [1.82, 2.24) is 5.32 Å². The SMILES string of the molecule is CCCOCCC(CNCC)Cc1ccccc1F. The predicted octanol–water partition coefficient (Wildman–Crippen LogP) is 3.41. The fourth-order valence-electron chi connectivity index (χ4n) is 2.10. The van der Waals surface area contributed by atoms with E-state index in [-0.39, 0.29) is 5.82 Å². The van der Waals surface area contributed by atoms with Crippen LogP contribution in [0.1, 0.15) is 32.3 Å². The molecule has 0 radical (unpaired) electrons. The number of ether oxygens (including phenoxy) is 1. The molecule has 1 rings (SSSR count). The molecule has 0 amide bonds. The highest BCUT2D eigenvalue weighted by Crippen LogP contribution is 2.15. The van der Waals surface area contributed by atoms with Crippen LogP contribution in [-0.2, 0) is 11.2 Å². The molecule has 1 N–H and O–H groups in total. The molecule has 19 heavy (non-hydrogen) atoms. The second-order valence-corrected chi connectivity index (χ2v) is 4.87. The summed E-state index contributed by atoms with van der Waals surface area (Å²) in [5.74, 6) is 0.326. The summed E-state index contributed by atoms with van der Waals surface area (Å²) in [6.45, 7) is 7.64. The van der Waals surface area contributed by atoms with Gasteiger partial charge in [0.2, 0.25) is 0 Å². The maximum atomic E-state index is 13.7. The molecule has 0 saturated carbocycles. The van der Waals surface area contributed by atoms with E-state index in [9.17, 15) is 4.39 Å². The molecule has 0 aliphatic carbocycles. The Morgan fingerprint density at radius 2 is 2.00 bits per heavy atom. The van der Waals surface area contributed by atoms with Gasteiger partial charge >= 0.3 is 0 Å². The summed E-state index contributed by atoms with van der Waals surface area (Å²) in [6.07, 6.45) is 2.79. The molecule has 0 bridgehead atoms. The maximum Gasteiger partial charge on any atom is 0.126 e. The quantitative estimate of drug-likeness (QED) is 0.656. The summed E-state index contributed by atoms with van der Waals surface area (Å²) in [6, 6.07) is 7.05. The Labute approximate surface area is 116 Å². The van der Waals surface area contributed by atoms with Gasteiger partial charge in [0.25, 0.3) is 0 Å². The van der Waals surface area contributed by atoms with Gasteiger partial charge in [-0.25, -0.2) is 4.39 Å². The van der Waals surface area contributed by atoms with Crippen LogP contribution in [0.3, 0.4) is 0 Å². The summed E-state index contributed by atoms with van der Waals surface area (Å²) < 4.78 is 19.2. The smallest absolute Gasteiger partial charge is 0.126 e.